The van der Waals surface area contributed by atoms with Crippen molar-refractivity contribution in [1.82, 2.24) is 4.98 Å². The van der Waals surface area contributed by atoms with Gasteiger partial charge in [-0.1, -0.05) is 51.1 Å². The molecular weight excluding hydrogens is 298 g/mol. The fourth-order valence-electron chi connectivity index (χ4n) is 3.09. The van der Waals surface area contributed by atoms with Crippen molar-refractivity contribution in [1.29, 1.82) is 0 Å². The Morgan fingerprint density at radius 1 is 0.917 bits per heavy atom. The number of hydrogen-bond donors (Lipinski definition) is 2. The largest absolute Gasteiger partial charge is 0.388 e. The molecule has 0 radical (unpaired) electrons. The maximum atomic E-state index is 10.3. The molecule has 3 unspecified atom stereocenters. The van der Waals surface area contributed by atoms with E-state index in [1.807, 2.05) is 24.3 Å². The van der Waals surface area contributed by atoms with Crippen LogP contribution in [0, 0.1) is 11.8 Å². The highest BCUT2D eigenvalue weighted by molar-refractivity contribution is 5.25. The van der Waals surface area contributed by atoms with Gasteiger partial charge in [0.1, 0.15) is 0 Å². The van der Waals surface area contributed by atoms with Crippen LogP contribution in [0.5, 0.6) is 0 Å². The Hall–Kier alpha value is -1.71. The zero-order valence-electron chi connectivity index (χ0n) is 14.9. The molecule has 2 N–H and O–H groups in total. The number of rotatable bonds is 8. The quantitative estimate of drug-likeness (QED) is 0.752. The van der Waals surface area contributed by atoms with Gasteiger partial charge >= 0.3 is 0 Å². The zero-order chi connectivity index (χ0) is 17.5. The standard InChI is InChI=1S/C21H29NO2/c1-15(2)10-20(23)18-7-4-6-17(13-18)11-16(3)12-21(24)19-8-5-9-22-14-19/h4-9,13-16,20-21,23-24H,10-12H2,1-3H3. The predicted octanol–water partition coefficient (Wildman–Crippen LogP) is 4.46. The van der Waals surface area contributed by atoms with E-state index in [0.29, 0.717) is 18.3 Å². The molecule has 3 atom stereocenters. The first-order valence-electron chi connectivity index (χ1n) is 8.80. The second kappa shape index (κ2) is 8.95. The molecule has 0 aliphatic rings. The van der Waals surface area contributed by atoms with Crippen LogP contribution in [0.4, 0.5) is 0 Å². The van der Waals surface area contributed by atoms with Gasteiger partial charge in [-0.3, -0.25) is 4.98 Å². The van der Waals surface area contributed by atoms with Gasteiger partial charge in [-0.25, -0.2) is 0 Å². The Kier molecular flexibility index (Phi) is 6.95. The van der Waals surface area contributed by atoms with E-state index in [4.69, 9.17) is 0 Å². The van der Waals surface area contributed by atoms with Crippen LogP contribution in [0.2, 0.25) is 0 Å². The minimum absolute atomic E-state index is 0.345. The molecule has 0 bridgehead atoms. The van der Waals surface area contributed by atoms with Crippen LogP contribution in [0.1, 0.15) is 62.5 Å². The molecule has 2 aromatic rings. The summed E-state index contributed by atoms with van der Waals surface area (Å²) < 4.78 is 0. The number of nitrogens with zero attached hydrogens (tertiary/aromatic N) is 1. The summed E-state index contributed by atoms with van der Waals surface area (Å²) in [6.45, 7) is 6.39. The smallest absolute Gasteiger partial charge is 0.0807 e. The molecule has 0 fully saturated rings. The number of aliphatic hydroxyl groups excluding tert-OH is 2. The summed E-state index contributed by atoms with van der Waals surface area (Å²) >= 11 is 0. The van der Waals surface area contributed by atoms with Gasteiger partial charge in [0, 0.05) is 12.4 Å². The van der Waals surface area contributed by atoms with Gasteiger partial charge < -0.3 is 10.2 Å². The molecular formula is C21H29NO2. The van der Waals surface area contributed by atoms with Crippen molar-refractivity contribution in [2.24, 2.45) is 11.8 Å². The number of aromatic nitrogens is 1. The summed E-state index contributed by atoms with van der Waals surface area (Å²) in [5.74, 6) is 0.815. The third-order valence-electron chi connectivity index (χ3n) is 4.31. The Balaban J connectivity index is 1.95. The van der Waals surface area contributed by atoms with Gasteiger partial charge in [0.25, 0.3) is 0 Å². The lowest BCUT2D eigenvalue weighted by molar-refractivity contribution is 0.146. The van der Waals surface area contributed by atoms with Crippen molar-refractivity contribution in [2.75, 3.05) is 0 Å². The van der Waals surface area contributed by atoms with E-state index < -0.39 is 12.2 Å². The number of pyridine rings is 1. The van der Waals surface area contributed by atoms with E-state index in [1.165, 1.54) is 5.56 Å². The summed E-state index contributed by atoms with van der Waals surface area (Å²) in [5.41, 5.74) is 3.06. The van der Waals surface area contributed by atoms with E-state index >= 15 is 0 Å². The fraction of sp³-hybridized carbons (Fsp3) is 0.476. The molecule has 0 saturated carbocycles. The average Bonchev–Trinajstić information content (AvgIpc) is 2.55. The monoisotopic (exact) mass is 327 g/mol. The normalized spacial score (nSPS) is 15.2. The average molecular weight is 327 g/mol. The van der Waals surface area contributed by atoms with E-state index in [9.17, 15) is 10.2 Å². The lowest BCUT2D eigenvalue weighted by atomic mass is 9.91. The Bertz CT molecular complexity index is 612. The van der Waals surface area contributed by atoms with E-state index in [2.05, 4.69) is 37.9 Å². The molecule has 1 aromatic heterocycles. The molecule has 0 amide bonds. The third-order valence-corrected chi connectivity index (χ3v) is 4.31. The summed E-state index contributed by atoms with van der Waals surface area (Å²) in [6.07, 6.45) is 4.92. The van der Waals surface area contributed by atoms with Crippen LogP contribution in [0.15, 0.2) is 48.8 Å². The molecule has 1 aromatic carbocycles. The molecule has 0 saturated heterocycles. The van der Waals surface area contributed by atoms with Gasteiger partial charge in [-0.2, -0.15) is 0 Å². The first-order chi connectivity index (χ1) is 11.5. The van der Waals surface area contributed by atoms with Crippen LogP contribution in [0.25, 0.3) is 0 Å². The molecule has 3 nitrogen and oxygen atoms in total. The number of aliphatic hydroxyl groups is 2. The lowest BCUT2D eigenvalue weighted by Gasteiger charge is -2.18. The van der Waals surface area contributed by atoms with Gasteiger partial charge in [-0.15, -0.1) is 0 Å². The molecule has 130 valence electrons. The number of hydrogen-bond acceptors (Lipinski definition) is 3. The van der Waals surface area contributed by atoms with E-state index in [-0.39, 0.29) is 0 Å². The Morgan fingerprint density at radius 3 is 2.29 bits per heavy atom. The van der Waals surface area contributed by atoms with Crippen molar-refractivity contribution >= 4 is 0 Å². The van der Waals surface area contributed by atoms with Crippen molar-refractivity contribution < 1.29 is 10.2 Å². The van der Waals surface area contributed by atoms with Crippen LogP contribution in [-0.4, -0.2) is 15.2 Å². The van der Waals surface area contributed by atoms with Crippen molar-refractivity contribution in [3.05, 3.63) is 65.5 Å². The van der Waals surface area contributed by atoms with Crippen molar-refractivity contribution in [3.8, 4) is 0 Å². The van der Waals surface area contributed by atoms with Crippen LogP contribution < -0.4 is 0 Å². The summed E-state index contributed by atoms with van der Waals surface area (Å²) in [5, 5.41) is 20.6. The first-order valence-corrected chi connectivity index (χ1v) is 8.80. The van der Waals surface area contributed by atoms with Crippen LogP contribution in [0.3, 0.4) is 0 Å². The van der Waals surface area contributed by atoms with Gasteiger partial charge in [0.15, 0.2) is 0 Å². The molecule has 1 heterocycles. The van der Waals surface area contributed by atoms with Crippen molar-refractivity contribution in [3.63, 3.8) is 0 Å². The second-order valence-corrected chi connectivity index (χ2v) is 7.24. The summed E-state index contributed by atoms with van der Waals surface area (Å²) in [6, 6.07) is 12.0. The van der Waals surface area contributed by atoms with Crippen LogP contribution in [-0.2, 0) is 6.42 Å². The highest BCUT2D eigenvalue weighted by Gasteiger charge is 2.15. The van der Waals surface area contributed by atoms with E-state index in [0.717, 1.165) is 24.0 Å². The minimum atomic E-state index is -0.483. The zero-order valence-corrected chi connectivity index (χ0v) is 14.9. The molecule has 3 heteroatoms. The molecule has 0 aliphatic carbocycles. The first kappa shape index (κ1) is 18.6. The van der Waals surface area contributed by atoms with E-state index in [1.54, 1.807) is 12.4 Å². The SMILES string of the molecule is CC(C)CC(O)c1cccc(CC(C)CC(O)c2cccnc2)c1. The summed E-state index contributed by atoms with van der Waals surface area (Å²) in [4.78, 5) is 4.06. The maximum Gasteiger partial charge on any atom is 0.0807 e. The lowest BCUT2D eigenvalue weighted by Crippen LogP contribution is -2.08. The maximum absolute atomic E-state index is 10.3. The summed E-state index contributed by atoms with van der Waals surface area (Å²) in [7, 11) is 0. The fourth-order valence-corrected chi connectivity index (χ4v) is 3.09. The van der Waals surface area contributed by atoms with Gasteiger partial charge in [0.2, 0.25) is 0 Å². The number of benzene rings is 1. The Labute approximate surface area is 145 Å². The molecule has 0 aliphatic heterocycles. The highest BCUT2D eigenvalue weighted by atomic mass is 16.3. The third kappa shape index (κ3) is 5.73. The second-order valence-electron chi connectivity index (χ2n) is 7.24. The minimum Gasteiger partial charge on any atom is -0.388 e. The van der Waals surface area contributed by atoms with Gasteiger partial charge in [0.05, 0.1) is 12.2 Å². The Morgan fingerprint density at radius 2 is 1.62 bits per heavy atom. The molecule has 24 heavy (non-hydrogen) atoms. The van der Waals surface area contributed by atoms with Gasteiger partial charge in [-0.05, 0) is 53.9 Å². The predicted molar refractivity (Wildman–Crippen MR) is 97.5 cm³/mol. The topological polar surface area (TPSA) is 53.4 Å². The highest BCUT2D eigenvalue weighted by Crippen LogP contribution is 2.25. The molecule has 0 spiro atoms. The van der Waals surface area contributed by atoms with Crippen molar-refractivity contribution in [2.45, 2.75) is 52.2 Å². The molecule has 2 rings (SSSR count). The van der Waals surface area contributed by atoms with Crippen LogP contribution >= 0.6 is 0 Å².